The fourth-order valence-electron chi connectivity index (χ4n) is 3.13. The van der Waals surface area contributed by atoms with Crippen LogP contribution in [-0.2, 0) is 10.0 Å². The van der Waals surface area contributed by atoms with Crippen molar-refractivity contribution in [1.82, 2.24) is 9.62 Å². The molecule has 2 saturated heterocycles. The summed E-state index contributed by atoms with van der Waals surface area (Å²) in [5.41, 5.74) is 0.286. The van der Waals surface area contributed by atoms with Crippen molar-refractivity contribution in [3.63, 3.8) is 0 Å². The third kappa shape index (κ3) is 3.10. The predicted molar refractivity (Wildman–Crippen MR) is 86.7 cm³/mol. The molecule has 0 amide bonds. The molecule has 5 nitrogen and oxygen atoms in total. The molecular formula is C14H17Cl2N3O2S. The smallest absolute Gasteiger partial charge is 0.243 e. The van der Waals surface area contributed by atoms with Crippen LogP contribution in [0.2, 0.25) is 5.02 Å². The summed E-state index contributed by atoms with van der Waals surface area (Å²) in [6.07, 6.45) is 1.86. The lowest BCUT2D eigenvalue weighted by Crippen LogP contribution is -2.46. The van der Waals surface area contributed by atoms with E-state index >= 15 is 0 Å². The first-order chi connectivity index (χ1) is 10.0. The molecule has 3 rings (SSSR count). The normalized spacial score (nSPS) is 25.1. The van der Waals surface area contributed by atoms with E-state index in [-0.39, 0.29) is 27.9 Å². The molecule has 0 spiro atoms. The van der Waals surface area contributed by atoms with Crippen LogP contribution >= 0.6 is 24.0 Å². The predicted octanol–water partition coefficient (Wildman–Crippen LogP) is 2.01. The molecule has 2 aliphatic rings. The highest BCUT2D eigenvalue weighted by Gasteiger charge is 2.37. The number of benzene rings is 1. The Bertz CT molecular complexity index is 703. The molecule has 2 unspecified atom stereocenters. The molecule has 2 heterocycles. The highest BCUT2D eigenvalue weighted by Crippen LogP contribution is 2.29. The largest absolute Gasteiger partial charge is 0.314 e. The molecule has 22 heavy (non-hydrogen) atoms. The van der Waals surface area contributed by atoms with E-state index in [2.05, 4.69) is 5.32 Å². The number of halogens is 2. The summed E-state index contributed by atoms with van der Waals surface area (Å²) in [6.45, 7) is 2.04. The topological polar surface area (TPSA) is 73.2 Å². The second-order valence-electron chi connectivity index (χ2n) is 5.51. The zero-order valence-electron chi connectivity index (χ0n) is 11.8. The van der Waals surface area contributed by atoms with Crippen LogP contribution in [0.25, 0.3) is 0 Å². The molecule has 1 aromatic rings. The summed E-state index contributed by atoms with van der Waals surface area (Å²) in [5.74, 6) is 0.391. The van der Waals surface area contributed by atoms with Crippen LogP contribution in [0.1, 0.15) is 18.4 Å². The maximum Gasteiger partial charge on any atom is 0.243 e. The summed E-state index contributed by atoms with van der Waals surface area (Å²) < 4.78 is 26.9. The lowest BCUT2D eigenvalue weighted by molar-refractivity contribution is 0.247. The van der Waals surface area contributed by atoms with Crippen molar-refractivity contribution < 1.29 is 8.42 Å². The molecule has 0 aliphatic carbocycles. The summed E-state index contributed by atoms with van der Waals surface area (Å²) in [6, 6.07) is 6.66. The van der Waals surface area contributed by atoms with Gasteiger partial charge < -0.3 is 5.32 Å². The first-order valence-electron chi connectivity index (χ1n) is 6.95. The van der Waals surface area contributed by atoms with Crippen molar-refractivity contribution in [2.24, 2.45) is 5.92 Å². The summed E-state index contributed by atoms with van der Waals surface area (Å²) in [4.78, 5) is 0.163. The van der Waals surface area contributed by atoms with Crippen molar-refractivity contribution in [3.8, 4) is 6.07 Å². The zero-order chi connectivity index (χ0) is 15.0. The van der Waals surface area contributed by atoms with E-state index in [1.165, 1.54) is 18.2 Å². The van der Waals surface area contributed by atoms with Gasteiger partial charge in [-0.15, -0.1) is 12.4 Å². The molecule has 0 radical (unpaired) electrons. The second-order valence-corrected chi connectivity index (χ2v) is 7.86. The van der Waals surface area contributed by atoms with Gasteiger partial charge in [0.2, 0.25) is 10.0 Å². The van der Waals surface area contributed by atoms with Gasteiger partial charge in [-0.25, -0.2) is 8.42 Å². The van der Waals surface area contributed by atoms with Crippen LogP contribution < -0.4 is 5.32 Å². The van der Waals surface area contributed by atoms with E-state index < -0.39 is 10.0 Å². The van der Waals surface area contributed by atoms with Crippen molar-refractivity contribution >= 4 is 34.0 Å². The van der Waals surface area contributed by atoms with E-state index in [1.54, 1.807) is 4.31 Å². The molecule has 1 N–H and O–H groups in total. The first kappa shape index (κ1) is 17.5. The molecular weight excluding hydrogens is 345 g/mol. The molecule has 1 aromatic carbocycles. The number of nitrogens with zero attached hydrogens (tertiary/aromatic N) is 2. The minimum atomic E-state index is -3.54. The number of piperidine rings is 1. The highest BCUT2D eigenvalue weighted by molar-refractivity contribution is 7.89. The summed E-state index contributed by atoms with van der Waals surface area (Å²) >= 11 is 5.95. The molecule has 0 bridgehead atoms. The van der Waals surface area contributed by atoms with Gasteiger partial charge in [-0.2, -0.15) is 9.57 Å². The van der Waals surface area contributed by atoms with Crippen LogP contribution in [0, 0.1) is 17.2 Å². The van der Waals surface area contributed by atoms with Crippen molar-refractivity contribution in [3.05, 3.63) is 28.8 Å². The Morgan fingerprint density at radius 1 is 1.36 bits per heavy atom. The molecule has 2 atom stereocenters. The van der Waals surface area contributed by atoms with Gasteiger partial charge in [0, 0.05) is 19.1 Å². The fraction of sp³-hybridized carbons (Fsp3) is 0.500. The SMILES string of the molecule is Cl.N#Cc1ccc(S(=O)(=O)N2CCC3NCCC3C2)cc1Cl. The monoisotopic (exact) mass is 361 g/mol. The van der Waals surface area contributed by atoms with Crippen LogP contribution in [0.15, 0.2) is 23.1 Å². The Labute approximate surface area is 141 Å². The molecule has 2 fully saturated rings. The molecule has 8 heteroatoms. The standard InChI is InChI=1S/C14H16ClN3O2S.ClH/c15-13-7-12(2-1-10(13)8-16)21(19,20)18-6-4-14-11(9-18)3-5-17-14;/h1-2,7,11,14,17H,3-6,9H2;1H. The van der Waals surface area contributed by atoms with Gasteiger partial charge in [0.1, 0.15) is 6.07 Å². The maximum absolute atomic E-state index is 12.7. The van der Waals surface area contributed by atoms with Crippen LogP contribution in [0.3, 0.4) is 0 Å². The minimum Gasteiger partial charge on any atom is -0.314 e. The number of sulfonamides is 1. The van der Waals surface area contributed by atoms with Crippen LogP contribution in [0.5, 0.6) is 0 Å². The molecule has 2 aliphatic heterocycles. The Balaban J connectivity index is 0.00000176. The molecule has 120 valence electrons. The van der Waals surface area contributed by atoms with Gasteiger partial charge >= 0.3 is 0 Å². The highest BCUT2D eigenvalue weighted by atomic mass is 35.5. The second kappa shape index (κ2) is 6.73. The molecule has 0 aromatic heterocycles. The Hall–Kier alpha value is -0.840. The van der Waals surface area contributed by atoms with Gasteiger partial charge in [0.15, 0.2) is 0 Å². The van der Waals surface area contributed by atoms with E-state index in [0.29, 0.717) is 25.0 Å². The number of hydrogen-bond donors (Lipinski definition) is 1. The van der Waals surface area contributed by atoms with Crippen LogP contribution in [0.4, 0.5) is 0 Å². The third-order valence-electron chi connectivity index (χ3n) is 4.32. The van der Waals surface area contributed by atoms with E-state index in [0.717, 1.165) is 19.4 Å². The van der Waals surface area contributed by atoms with Gasteiger partial charge in [0.25, 0.3) is 0 Å². The van der Waals surface area contributed by atoms with E-state index in [4.69, 9.17) is 16.9 Å². The van der Waals surface area contributed by atoms with E-state index in [1.807, 2.05) is 6.07 Å². The van der Waals surface area contributed by atoms with Crippen LogP contribution in [-0.4, -0.2) is 38.4 Å². The first-order valence-corrected chi connectivity index (χ1v) is 8.77. The minimum absolute atomic E-state index is 0. The number of nitrogens with one attached hydrogen (secondary N) is 1. The fourth-order valence-corrected chi connectivity index (χ4v) is 4.95. The van der Waals surface area contributed by atoms with E-state index in [9.17, 15) is 8.42 Å². The number of nitriles is 1. The van der Waals surface area contributed by atoms with Gasteiger partial charge in [-0.05, 0) is 43.5 Å². The number of hydrogen-bond acceptors (Lipinski definition) is 4. The Morgan fingerprint density at radius 2 is 2.14 bits per heavy atom. The molecule has 0 saturated carbocycles. The van der Waals surface area contributed by atoms with Gasteiger partial charge in [-0.1, -0.05) is 11.6 Å². The van der Waals surface area contributed by atoms with Gasteiger partial charge in [0.05, 0.1) is 15.5 Å². The zero-order valence-corrected chi connectivity index (χ0v) is 14.2. The Morgan fingerprint density at radius 3 is 2.82 bits per heavy atom. The third-order valence-corrected chi connectivity index (χ3v) is 6.49. The Kier molecular flexibility index (Phi) is 5.36. The van der Waals surface area contributed by atoms with Crippen molar-refractivity contribution in [2.75, 3.05) is 19.6 Å². The van der Waals surface area contributed by atoms with Crippen molar-refractivity contribution in [1.29, 1.82) is 5.26 Å². The van der Waals surface area contributed by atoms with Crippen molar-refractivity contribution in [2.45, 2.75) is 23.8 Å². The number of rotatable bonds is 2. The lowest BCUT2D eigenvalue weighted by Gasteiger charge is -2.34. The quantitative estimate of drug-likeness (QED) is 0.874. The van der Waals surface area contributed by atoms with Gasteiger partial charge in [-0.3, -0.25) is 0 Å². The number of fused-ring (bicyclic) bond motifs is 1. The summed E-state index contributed by atoms with van der Waals surface area (Å²) in [5, 5.41) is 12.5. The summed E-state index contributed by atoms with van der Waals surface area (Å²) in [7, 11) is -3.54. The maximum atomic E-state index is 12.7. The average molecular weight is 362 g/mol. The lowest BCUT2D eigenvalue weighted by atomic mass is 9.95. The average Bonchev–Trinajstić information content (AvgIpc) is 2.94.